The number of halogens is 3. The van der Waals surface area contributed by atoms with Crippen LogP contribution in [0.5, 0.6) is 5.75 Å². The molecule has 3 rings (SSSR count). The number of amides is 1. The highest BCUT2D eigenvalue weighted by Crippen LogP contribution is 2.35. The Balaban J connectivity index is 2.13. The first kappa shape index (κ1) is 20.4. The highest BCUT2D eigenvalue weighted by molar-refractivity contribution is 6.09. The second kappa shape index (κ2) is 7.98. The first-order valence-electron chi connectivity index (χ1n) is 9.07. The second-order valence-corrected chi connectivity index (χ2v) is 6.55. The summed E-state index contributed by atoms with van der Waals surface area (Å²) in [4.78, 5) is 25.7. The van der Waals surface area contributed by atoms with Crippen LogP contribution in [-0.4, -0.2) is 15.6 Å². The minimum absolute atomic E-state index is 0.275. The molecule has 1 heterocycles. The molecule has 0 aliphatic rings. The summed E-state index contributed by atoms with van der Waals surface area (Å²) in [5, 5.41) is 13.0. The number of benzene rings is 2. The van der Waals surface area contributed by atoms with Gasteiger partial charge in [0.05, 0.1) is 16.8 Å². The average Bonchev–Trinajstić information content (AvgIpc) is 2.67. The molecule has 0 aliphatic carbocycles. The number of fused-ring (bicyclic) bond motifs is 1. The van der Waals surface area contributed by atoms with Gasteiger partial charge in [0.1, 0.15) is 11.3 Å². The Morgan fingerprint density at radius 1 is 1.10 bits per heavy atom. The van der Waals surface area contributed by atoms with Crippen molar-refractivity contribution in [3.63, 3.8) is 0 Å². The number of nitrogens with one attached hydrogen (secondary N) is 1. The van der Waals surface area contributed by atoms with Crippen molar-refractivity contribution in [3.8, 4) is 5.75 Å². The number of alkyl halides is 3. The number of para-hydroxylation sites is 2. The molecule has 152 valence electrons. The Hall–Kier alpha value is -3.29. The van der Waals surface area contributed by atoms with Crippen molar-refractivity contribution in [2.24, 2.45) is 0 Å². The van der Waals surface area contributed by atoms with Gasteiger partial charge in [-0.05, 0) is 30.7 Å². The third-order valence-corrected chi connectivity index (χ3v) is 4.59. The molecule has 1 aromatic heterocycles. The van der Waals surface area contributed by atoms with E-state index in [-0.39, 0.29) is 5.39 Å². The summed E-state index contributed by atoms with van der Waals surface area (Å²) in [5.41, 5.74) is -2.42. The summed E-state index contributed by atoms with van der Waals surface area (Å²) < 4.78 is 41.0. The zero-order chi connectivity index (χ0) is 21.2. The maximum Gasteiger partial charge on any atom is 0.418 e. The van der Waals surface area contributed by atoms with Crippen LogP contribution in [0.4, 0.5) is 18.9 Å². The van der Waals surface area contributed by atoms with Gasteiger partial charge in [-0.25, -0.2) is 0 Å². The number of aromatic nitrogens is 1. The molecule has 0 saturated heterocycles. The van der Waals surface area contributed by atoms with E-state index in [4.69, 9.17) is 0 Å². The smallest absolute Gasteiger partial charge is 0.418 e. The molecule has 0 bridgehead atoms. The molecule has 0 atom stereocenters. The molecular formula is C21H19F3N2O3. The zero-order valence-electron chi connectivity index (χ0n) is 15.6. The van der Waals surface area contributed by atoms with Gasteiger partial charge in [0.15, 0.2) is 0 Å². The lowest BCUT2D eigenvalue weighted by atomic mass is 10.1. The summed E-state index contributed by atoms with van der Waals surface area (Å²) >= 11 is 0. The van der Waals surface area contributed by atoms with E-state index in [1.165, 1.54) is 16.7 Å². The molecule has 0 aliphatic heterocycles. The van der Waals surface area contributed by atoms with E-state index in [0.717, 1.165) is 18.6 Å². The van der Waals surface area contributed by atoms with Gasteiger partial charge < -0.3 is 15.0 Å². The number of hydrogen-bond acceptors (Lipinski definition) is 3. The van der Waals surface area contributed by atoms with Gasteiger partial charge >= 0.3 is 6.18 Å². The van der Waals surface area contributed by atoms with Crippen molar-refractivity contribution in [1.29, 1.82) is 0 Å². The number of unbranched alkanes of at least 4 members (excludes halogenated alkanes) is 1. The monoisotopic (exact) mass is 404 g/mol. The van der Waals surface area contributed by atoms with Crippen molar-refractivity contribution >= 4 is 22.5 Å². The Kier molecular flexibility index (Phi) is 5.63. The first-order chi connectivity index (χ1) is 13.8. The molecule has 2 N–H and O–H groups in total. The van der Waals surface area contributed by atoms with Crippen LogP contribution in [0.25, 0.3) is 10.9 Å². The van der Waals surface area contributed by atoms with E-state index >= 15 is 0 Å². The van der Waals surface area contributed by atoms with Crippen molar-refractivity contribution < 1.29 is 23.1 Å². The standard InChI is InChI=1S/C21H19F3N2O3/c1-2-3-12-26-16-11-7-4-8-13(16)18(27)17(20(26)29)19(28)25-15-10-6-5-9-14(15)21(22,23)24/h4-11,27H,2-3,12H2,1H3,(H,25,28). The lowest BCUT2D eigenvalue weighted by Gasteiger charge is -2.16. The van der Waals surface area contributed by atoms with Crippen molar-refractivity contribution in [2.75, 3.05) is 5.32 Å². The molecule has 5 nitrogen and oxygen atoms in total. The number of carbonyl (C=O) groups is 1. The van der Waals surface area contributed by atoms with Crippen molar-refractivity contribution in [3.05, 3.63) is 70.0 Å². The number of pyridine rings is 1. The van der Waals surface area contributed by atoms with Crippen molar-refractivity contribution in [1.82, 2.24) is 4.57 Å². The Bertz CT molecular complexity index is 1120. The predicted octanol–water partition coefficient (Wildman–Crippen LogP) is 4.78. The fraction of sp³-hybridized carbons (Fsp3) is 0.238. The van der Waals surface area contributed by atoms with Crippen LogP contribution in [0.1, 0.15) is 35.7 Å². The van der Waals surface area contributed by atoms with Crippen LogP contribution in [0.3, 0.4) is 0 Å². The Labute approximate surface area is 164 Å². The lowest BCUT2D eigenvalue weighted by Crippen LogP contribution is -2.30. The number of aromatic hydroxyl groups is 1. The van der Waals surface area contributed by atoms with Gasteiger partial charge in [0, 0.05) is 11.9 Å². The van der Waals surface area contributed by atoms with Crippen molar-refractivity contribution in [2.45, 2.75) is 32.5 Å². The van der Waals surface area contributed by atoms with Crippen LogP contribution in [0.2, 0.25) is 0 Å². The average molecular weight is 404 g/mol. The molecule has 0 radical (unpaired) electrons. The Morgan fingerprint density at radius 3 is 2.45 bits per heavy atom. The van der Waals surface area contributed by atoms with E-state index in [1.807, 2.05) is 6.92 Å². The number of anilines is 1. The first-order valence-corrected chi connectivity index (χ1v) is 9.07. The summed E-state index contributed by atoms with van der Waals surface area (Å²) in [6.45, 7) is 2.25. The third-order valence-electron chi connectivity index (χ3n) is 4.59. The molecule has 0 saturated carbocycles. The van der Waals surface area contributed by atoms with Gasteiger partial charge in [-0.1, -0.05) is 37.6 Å². The molecular weight excluding hydrogens is 385 g/mol. The molecule has 0 fully saturated rings. The quantitative estimate of drug-likeness (QED) is 0.643. The third kappa shape index (κ3) is 3.96. The van der Waals surface area contributed by atoms with Gasteiger partial charge in [0.25, 0.3) is 11.5 Å². The number of rotatable bonds is 5. The fourth-order valence-corrected chi connectivity index (χ4v) is 3.16. The van der Waals surface area contributed by atoms with Crippen LogP contribution in [0, 0.1) is 0 Å². The molecule has 1 amide bonds. The normalized spacial score (nSPS) is 11.6. The van der Waals surface area contributed by atoms with Gasteiger partial charge in [0.2, 0.25) is 0 Å². The molecule has 0 unspecified atom stereocenters. The number of hydrogen-bond donors (Lipinski definition) is 2. The zero-order valence-corrected chi connectivity index (χ0v) is 15.6. The molecule has 2 aromatic carbocycles. The van der Waals surface area contributed by atoms with Gasteiger partial charge in [-0.15, -0.1) is 0 Å². The largest absolute Gasteiger partial charge is 0.506 e. The van der Waals surface area contributed by atoms with Crippen LogP contribution in [0.15, 0.2) is 53.3 Å². The van der Waals surface area contributed by atoms with Gasteiger partial charge in [-0.3, -0.25) is 9.59 Å². The lowest BCUT2D eigenvalue weighted by molar-refractivity contribution is -0.136. The highest BCUT2D eigenvalue weighted by Gasteiger charge is 2.34. The minimum Gasteiger partial charge on any atom is -0.506 e. The molecule has 29 heavy (non-hydrogen) atoms. The Morgan fingerprint density at radius 2 is 1.76 bits per heavy atom. The van der Waals surface area contributed by atoms with Crippen LogP contribution < -0.4 is 10.9 Å². The SMILES string of the molecule is CCCCn1c(=O)c(C(=O)Nc2ccccc2C(F)(F)F)c(O)c2ccccc21. The highest BCUT2D eigenvalue weighted by atomic mass is 19.4. The van der Waals surface area contributed by atoms with E-state index in [0.29, 0.717) is 18.5 Å². The summed E-state index contributed by atoms with van der Waals surface area (Å²) in [6, 6.07) is 11.0. The van der Waals surface area contributed by atoms with E-state index in [2.05, 4.69) is 5.32 Å². The fourth-order valence-electron chi connectivity index (χ4n) is 3.16. The maximum absolute atomic E-state index is 13.2. The number of aryl methyl sites for hydroxylation is 1. The van der Waals surface area contributed by atoms with E-state index in [9.17, 15) is 27.9 Å². The minimum atomic E-state index is -4.68. The molecule has 3 aromatic rings. The number of nitrogens with zero attached hydrogens (tertiary/aromatic N) is 1. The summed E-state index contributed by atoms with van der Waals surface area (Å²) in [6.07, 6.45) is -3.23. The molecule has 0 spiro atoms. The molecule has 8 heteroatoms. The maximum atomic E-state index is 13.2. The van der Waals surface area contributed by atoms with E-state index < -0.39 is 40.2 Å². The van der Waals surface area contributed by atoms with Crippen LogP contribution in [-0.2, 0) is 12.7 Å². The summed E-state index contributed by atoms with van der Waals surface area (Å²) in [7, 11) is 0. The van der Waals surface area contributed by atoms with Gasteiger partial charge in [-0.2, -0.15) is 13.2 Å². The number of carbonyl (C=O) groups excluding carboxylic acids is 1. The topological polar surface area (TPSA) is 71.3 Å². The van der Waals surface area contributed by atoms with Crippen LogP contribution >= 0.6 is 0 Å². The van der Waals surface area contributed by atoms with E-state index in [1.54, 1.807) is 24.3 Å². The second-order valence-electron chi connectivity index (χ2n) is 6.55. The predicted molar refractivity (Wildman–Crippen MR) is 104 cm³/mol. The summed E-state index contributed by atoms with van der Waals surface area (Å²) in [5.74, 6) is -1.65.